The van der Waals surface area contributed by atoms with Gasteiger partial charge in [0.15, 0.2) is 0 Å². The molecule has 0 bridgehead atoms. The van der Waals surface area contributed by atoms with Crippen molar-refractivity contribution in [3.63, 3.8) is 0 Å². The number of hydrogen-bond acceptors (Lipinski definition) is 2. The van der Waals surface area contributed by atoms with Crippen LogP contribution in [-0.2, 0) is 0 Å². The van der Waals surface area contributed by atoms with E-state index in [2.05, 4.69) is 36.9 Å². The van der Waals surface area contributed by atoms with E-state index in [1.807, 2.05) is 0 Å². The fraction of sp³-hybridized carbons (Fsp3) is 0.857. The van der Waals surface area contributed by atoms with Crippen molar-refractivity contribution in [2.45, 2.75) is 52.1 Å². The fourth-order valence-corrected chi connectivity index (χ4v) is 2.42. The number of piperazine rings is 1. The van der Waals surface area contributed by atoms with Crippen LogP contribution < -0.4 is 5.32 Å². The van der Waals surface area contributed by atoms with Crippen molar-refractivity contribution in [2.24, 2.45) is 5.92 Å². The largest absolute Gasteiger partial charge is 0.311 e. The minimum absolute atomic E-state index is 0.654. The highest BCUT2D eigenvalue weighted by molar-refractivity contribution is 4.87. The van der Waals surface area contributed by atoms with Gasteiger partial charge in [-0.05, 0) is 32.2 Å². The standard InChI is InChI=1S/C14H26N2/c1-5-6-7-8-16-11-14(9-12(2)3)15-10-13(16)4/h1,12-15H,6-11H2,2-4H3. The lowest BCUT2D eigenvalue weighted by Gasteiger charge is -2.39. The van der Waals surface area contributed by atoms with Gasteiger partial charge in [-0.2, -0.15) is 0 Å². The average molecular weight is 222 g/mol. The van der Waals surface area contributed by atoms with E-state index >= 15 is 0 Å². The van der Waals surface area contributed by atoms with Crippen LogP contribution in [-0.4, -0.2) is 36.6 Å². The lowest BCUT2D eigenvalue weighted by atomic mass is 10.00. The van der Waals surface area contributed by atoms with Crippen molar-refractivity contribution < 1.29 is 0 Å². The first kappa shape index (κ1) is 13.5. The minimum atomic E-state index is 0.654. The van der Waals surface area contributed by atoms with Crippen molar-refractivity contribution in [3.05, 3.63) is 0 Å². The summed E-state index contributed by atoms with van der Waals surface area (Å²) in [5.41, 5.74) is 0. The number of hydrogen-bond donors (Lipinski definition) is 1. The number of unbranched alkanes of at least 4 members (excludes halogenated alkanes) is 1. The van der Waals surface area contributed by atoms with E-state index in [1.54, 1.807) is 0 Å². The summed E-state index contributed by atoms with van der Waals surface area (Å²) in [7, 11) is 0. The highest BCUT2D eigenvalue weighted by atomic mass is 15.2. The van der Waals surface area contributed by atoms with Gasteiger partial charge in [0, 0.05) is 31.6 Å². The molecule has 1 N–H and O–H groups in total. The number of terminal acetylenes is 1. The monoisotopic (exact) mass is 222 g/mol. The molecule has 0 radical (unpaired) electrons. The molecule has 1 aliphatic heterocycles. The maximum Gasteiger partial charge on any atom is 0.0198 e. The summed E-state index contributed by atoms with van der Waals surface area (Å²) in [6, 6.07) is 1.32. The van der Waals surface area contributed by atoms with Crippen LogP contribution in [0.1, 0.15) is 40.0 Å². The summed E-state index contributed by atoms with van der Waals surface area (Å²) in [4.78, 5) is 2.58. The van der Waals surface area contributed by atoms with Crippen molar-refractivity contribution in [2.75, 3.05) is 19.6 Å². The Morgan fingerprint density at radius 1 is 1.50 bits per heavy atom. The van der Waals surface area contributed by atoms with Crippen LogP contribution in [0.25, 0.3) is 0 Å². The van der Waals surface area contributed by atoms with E-state index in [1.165, 1.54) is 13.0 Å². The molecule has 2 heteroatoms. The van der Waals surface area contributed by atoms with Crippen LogP contribution in [0.5, 0.6) is 0 Å². The van der Waals surface area contributed by atoms with Crippen LogP contribution in [0.4, 0.5) is 0 Å². The van der Waals surface area contributed by atoms with Gasteiger partial charge in [-0.3, -0.25) is 4.90 Å². The third-order valence-electron chi connectivity index (χ3n) is 3.30. The second-order valence-electron chi connectivity index (χ2n) is 5.39. The van der Waals surface area contributed by atoms with E-state index < -0.39 is 0 Å². The minimum Gasteiger partial charge on any atom is -0.311 e. The molecule has 0 aromatic rings. The van der Waals surface area contributed by atoms with Gasteiger partial charge < -0.3 is 5.32 Å². The van der Waals surface area contributed by atoms with Crippen molar-refractivity contribution >= 4 is 0 Å². The van der Waals surface area contributed by atoms with E-state index in [0.717, 1.165) is 31.8 Å². The molecule has 92 valence electrons. The van der Waals surface area contributed by atoms with Gasteiger partial charge in [-0.15, -0.1) is 12.3 Å². The molecule has 0 aromatic carbocycles. The summed E-state index contributed by atoms with van der Waals surface area (Å²) in [6.07, 6.45) is 8.61. The van der Waals surface area contributed by atoms with E-state index in [0.29, 0.717) is 12.1 Å². The molecular weight excluding hydrogens is 196 g/mol. The topological polar surface area (TPSA) is 15.3 Å². The number of rotatable bonds is 5. The summed E-state index contributed by atoms with van der Waals surface area (Å²) < 4.78 is 0. The molecule has 2 atom stereocenters. The summed E-state index contributed by atoms with van der Waals surface area (Å²) in [5, 5.41) is 3.64. The summed E-state index contributed by atoms with van der Waals surface area (Å²) >= 11 is 0. The molecule has 1 heterocycles. The van der Waals surface area contributed by atoms with Gasteiger partial charge in [0.05, 0.1) is 0 Å². The van der Waals surface area contributed by atoms with Crippen LogP contribution in [0.2, 0.25) is 0 Å². The van der Waals surface area contributed by atoms with Gasteiger partial charge in [-0.1, -0.05) is 13.8 Å². The first-order chi connectivity index (χ1) is 7.63. The molecule has 1 aliphatic rings. The lowest BCUT2D eigenvalue weighted by molar-refractivity contribution is 0.131. The molecule has 0 saturated carbocycles. The van der Waals surface area contributed by atoms with Gasteiger partial charge in [0.2, 0.25) is 0 Å². The van der Waals surface area contributed by atoms with Crippen molar-refractivity contribution in [1.29, 1.82) is 0 Å². The Morgan fingerprint density at radius 2 is 2.25 bits per heavy atom. The number of nitrogens with one attached hydrogen (secondary N) is 1. The van der Waals surface area contributed by atoms with Crippen LogP contribution in [0.3, 0.4) is 0 Å². The number of nitrogens with zero attached hydrogens (tertiary/aromatic N) is 1. The van der Waals surface area contributed by atoms with E-state index in [-0.39, 0.29) is 0 Å². The maximum atomic E-state index is 5.29. The van der Waals surface area contributed by atoms with Gasteiger partial charge in [-0.25, -0.2) is 0 Å². The van der Waals surface area contributed by atoms with Crippen molar-refractivity contribution in [1.82, 2.24) is 10.2 Å². The van der Waals surface area contributed by atoms with Gasteiger partial charge >= 0.3 is 0 Å². The zero-order valence-corrected chi connectivity index (χ0v) is 11.0. The van der Waals surface area contributed by atoms with Crippen LogP contribution in [0, 0.1) is 18.3 Å². The van der Waals surface area contributed by atoms with Crippen LogP contribution in [0.15, 0.2) is 0 Å². The normalized spacial score (nSPS) is 26.9. The molecule has 0 amide bonds. The Kier molecular flexibility index (Phi) is 5.87. The van der Waals surface area contributed by atoms with Gasteiger partial charge in [0.25, 0.3) is 0 Å². The Labute approximate surface area is 101 Å². The smallest absolute Gasteiger partial charge is 0.0198 e. The average Bonchev–Trinajstić information content (AvgIpc) is 2.22. The van der Waals surface area contributed by atoms with Crippen molar-refractivity contribution in [3.8, 4) is 12.3 Å². The Morgan fingerprint density at radius 3 is 2.88 bits per heavy atom. The maximum absolute atomic E-state index is 5.29. The molecule has 16 heavy (non-hydrogen) atoms. The second-order valence-corrected chi connectivity index (χ2v) is 5.39. The summed E-state index contributed by atoms with van der Waals surface area (Å²) in [6.45, 7) is 10.3. The molecule has 1 saturated heterocycles. The molecular formula is C14H26N2. The first-order valence-corrected chi connectivity index (χ1v) is 6.54. The SMILES string of the molecule is C#CCCCN1CC(CC(C)C)NCC1C. The molecule has 2 unspecified atom stereocenters. The molecule has 0 spiro atoms. The lowest BCUT2D eigenvalue weighted by Crippen LogP contribution is -2.55. The molecule has 1 rings (SSSR count). The Balaban J connectivity index is 2.33. The zero-order chi connectivity index (χ0) is 12.0. The zero-order valence-electron chi connectivity index (χ0n) is 11.0. The Hall–Kier alpha value is -0.520. The first-order valence-electron chi connectivity index (χ1n) is 6.54. The Bertz CT molecular complexity index is 229. The van der Waals surface area contributed by atoms with Gasteiger partial charge in [0.1, 0.15) is 0 Å². The molecule has 2 nitrogen and oxygen atoms in total. The third-order valence-corrected chi connectivity index (χ3v) is 3.30. The predicted molar refractivity (Wildman–Crippen MR) is 70.3 cm³/mol. The molecule has 0 aliphatic carbocycles. The molecule has 1 fully saturated rings. The third kappa shape index (κ3) is 4.55. The fourth-order valence-electron chi connectivity index (χ4n) is 2.42. The summed E-state index contributed by atoms with van der Waals surface area (Å²) in [5.74, 6) is 3.50. The van der Waals surface area contributed by atoms with E-state index in [9.17, 15) is 0 Å². The second kappa shape index (κ2) is 6.93. The molecule has 0 aromatic heterocycles. The highest BCUT2D eigenvalue weighted by Gasteiger charge is 2.24. The predicted octanol–water partition coefficient (Wildman–Crippen LogP) is 2.11. The highest BCUT2D eigenvalue weighted by Crippen LogP contribution is 2.13. The quantitative estimate of drug-likeness (QED) is 0.566. The van der Waals surface area contributed by atoms with Crippen LogP contribution >= 0.6 is 0 Å². The van der Waals surface area contributed by atoms with E-state index in [4.69, 9.17) is 6.42 Å².